The lowest BCUT2D eigenvalue weighted by Gasteiger charge is -2.19. The monoisotopic (exact) mass is 313 g/mol. The zero-order valence-corrected chi connectivity index (χ0v) is 13.0. The van der Waals surface area contributed by atoms with Crippen LogP contribution in [-0.2, 0) is 11.2 Å². The summed E-state index contributed by atoms with van der Waals surface area (Å²) in [5.41, 5.74) is 1.38. The molecule has 0 fully saturated rings. The standard InChI is InChI=1S/C15H24BrNO/c1-3-10-17-14(8-6-11-18-2)12-13-7-4-5-9-15(13)16/h4-5,7,9,14,17H,3,6,8,10-12H2,1-2H3. The molecule has 0 saturated heterocycles. The molecule has 0 amide bonds. The summed E-state index contributed by atoms with van der Waals surface area (Å²) < 4.78 is 6.34. The molecule has 0 aromatic heterocycles. The minimum absolute atomic E-state index is 0.541. The Morgan fingerprint density at radius 3 is 2.78 bits per heavy atom. The third-order valence-electron chi connectivity index (χ3n) is 3.01. The molecule has 0 heterocycles. The van der Waals surface area contributed by atoms with Crippen LogP contribution in [0.1, 0.15) is 31.7 Å². The third-order valence-corrected chi connectivity index (χ3v) is 3.78. The van der Waals surface area contributed by atoms with Gasteiger partial charge in [0.25, 0.3) is 0 Å². The zero-order valence-electron chi connectivity index (χ0n) is 11.4. The highest BCUT2D eigenvalue weighted by molar-refractivity contribution is 9.10. The lowest BCUT2D eigenvalue weighted by atomic mass is 10.0. The lowest BCUT2D eigenvalue weighted by molar-refractivity contribution is 0.188. The van der Waals surface area contributed by atoms with E-state index in [9.17, 15) is 0 Å². The second kappa shape index (κ2) is 9.54. The van der Waals surface area contributed by atoms with Crippen LogP contribution in [-0.4, -0.2) is 26.3 Å². The van der Waals surface area contributed by atoms with Crippen molar-refractivity contribution in [2.75, 3.05) is 20.3 Å². The summed E-state index contributed by atoms with van der Waals surface area (Å²) in [7, 11) is 1.77. The molecule has 3 heteroatoms. The van der Waals surface area contributed by atoms with Gasteiger partial charge in [-0.1, -0.05) is 41.1 Å². The van der Waals surface area contributed by atoms with Crippen LogP contribution in [0, 0.1) is 0 Å². The van der Waals surface area contributed by atoms with Crippen molar-refractivity contribution in [3.8, 4) is 0 Å². The molecule has 1 N–H and O–H groups in total. The molecule has 102 valence electrons. The molecule has 1 atom stereocenters. The molecule has 0 aliphatic carbocycles. The van der Waals surface area contributed by atoms with Crippen LogP contribution in [0.3, 0.4) is 0 Å². The van der Waals surface area contributed by atoms with Crippen molar-refractivity contribution in [1.82, 2.24) is 5.32 Å². The summed E-state index contributed by atoms with van der Waals surface area (Å²) in [4.78, 5) is 0. The van der Waals surface area contributed by atoms with Crippen LogP contribution in [0.25, 0.3) is 0 Å². The minimum atomic E-state index is 0.541. The molecule has 0 aliphatic heterocycles. The highest BCUT2D eigenvalue weighted by Gasteiger charge is 2.10. The molecule has 0 aliphatic rings. The van der Waals surface area contributed by atoms with Gasteiger partial charge in [0.1, 0.15) is 0 Å². The average molecular weight is 314 g/mol. The quantitative estimate of drug-likeness (QED) is 0.700. The maximum Gasteiger partial charge on any atom is 0.0462 e. The number of nitrogens with one attached hydrogen (secondary N) is 1. The Morgan fingerprint density at radius 2 is 2.11 bits per heavy atom. The molecule has 2 nitrogen and oxygen atoms in total. The predicted molar refractivity (Wildman–Crippen MR) is 81.0 cm³/mol. The fourth-order valence-electron chi connectivity index (χ4n) is 2.03. The molecule has 0 saturated carbocycles. The van der Waals surface area contributed by atoms with Gasteiger partial charge in [0.05, 0.1) is 0 Å². The molecule has 1 rings (SSSR count). The fourth-order valence-corrected chi connectivity index (χ4v) is 2.47. The third kappa shape index (κ3) is 5.98. The van der Waals surface area contributed by atoms with Crippen LogP contribution in [0.15, 0.2) is 28.7 Å². The van der Waals surface area contributed by atoms with Crippen LogP contribution in [0.2, 0.25) is 0 Å². The van der Waals surface area contributed by atoms with E-state index in [2.05, 4.69) is 52.4 Å². The van der Waals surface area contributed by atoms with Gasteiger partial charge >= 0.3 is 0 Å². The van der Waals surface area contributed by atoms with Crippen LogP contribution < -0.4 is 5.32 Å². The normalized spacial score (nSPS) is 12.6. The molecule has 1 aromatic rings. The summed E-state index contributed by atoms with van der Waals surface area (Å²) in [6.07, 6.45) is 4.53. The second-order valence-corrected chi connectivity index (χ2v) is 5.44. The van der Waals surface area contributed by atoms with Crippen molar-refractivity contribution < 1.29 is 4.74 Å². The first-order valence-electron chi connectivity index (χ1n) is 6.73. The van der Waals surface area contributed by atoms with Crippen molar-refractivity contribution >= 4 is 15.9 Å². The van der Waals surface area contributed by atoms with Crippen molar-refractivity contribution in [3.63, 3.8) is 0 Å². The van der Waals surface area contributed by atoms with Gasteiger partial charge in [-0.2, -0.15) is 0 Å². The Hall–Kier alpha value is -0.380. The first-order valence-corrected chi connectivity index (χ1v) is 7.53. The number of rotatable bonds is 9. The van der Waals surface area contributed by atoms with Crippen molar-refractivity contribution in [1.29, 1.82) is 0 Å². The Morgan fingerprint density at radius 1 is 1.33 bits per heavy atom. The van der Waals surface area contributed by atoms with Crippen LogP contribution >= 0.6 is 15.9 Å². The van der Waals surface area contributed by atoms with Gasteiger partial charge in [0, 0.05) is 24.2 Å². The highest BCUT2D eigenvalue weighted by Crippen LogP contribution is 2.18. The van der Waals surface area contributed by atoms with Gasteiger partial charge in [0.2, 0.25) is 0 Å². The molecule has 18 heavy (non-hydrogen) atoms. The van der Waals surface area contributed by atoms with E-state index in [0.717, 1.165) is 32.4 Å². The predicted octanol–water partition coefficient (Wildman–Crippen LogP) is 3.79. The minimum Gasteiger partial charge on any atom is -0.385 e. The van der Waals surface area contributed by atoms with Gasteiger partial charge in [-0.15, -0.1) is 0 Å². The Balaban J connectivity index is 2.51. The van der Waals surface area contributed by atoms with Crippen molar-refractivity contribution in [3.05, 3.63) is 34.3 Å². The Labute approximate surface area is 119 Å². The summed E-state index contributed by atoms with van der Waals surface area (Å²) >= 11 is 3.62. The summed E-state index contributed by atoms with van der Waals surface area (Å²) in [6.45, 7) is 4.14. The molecule has 1 aromatic carbocycles. The molecular formula is C15H24BrNO. The van der Waals surface area contributed by atoms with Gasteiger partial charge in [-0.05, 0) is 43.9 Å². The lowest BCUT2D eigenvalue weighted by Crippen LogP contribution is -2.32. The van der Waals surface area contributed by atoms with Crippen molar-refractivity contribution in [2.45, 2.75) is 38.6 Å². The highest BCUT2D eigenvalue weighted by atomic mass is 79.9. The maximum atomic E-state index is 5.13. The summed E-state index contributed by atoms with van der Waals surface area (Å²) in [6, 6.07) is 9.01. The van der Waals surface area contributed by atoms with E-state index in [1.54, 1.807) is 7.11 Å². The number of ether oxygens (including phenoxy) is 1. The summed E-state index contributed by atoms with van der Waals surface area (Å²) in [5.74, 6) is 0. The van der Waals surface area contributed by atoms with Gasteiger partial charge in [-0.3, -0.25) is 0 Å². The SMILES string of the molecule is CCCNC(CCCOC)Cc1ccccc1Br. The Kier molecular flexibility index (Phi) is 8.31. The number of halogens is 1. The number of hydrogen-bond acceptors (Lipinski definition) is 2. The van der Waals surface area contributed by atoms with E-state index in [-0.39, 0.29) is 0 Å². The molecule has 0 spiro atoms. The number of methoxy groups -OCH3 is 1. The van der Waals surface area contributed by atoms with Crippen molar-refractivity contribution in [2.24, 2.45) is 0 Å². The van der Waals surface area contributed by atoms with E-state index in [1.807, 2.05) is 0 Å². The second-order valence-electron chi connectivity index (χ2n) is 4.58. The van der Waals surface area contributed by atoms with Gasteiger partial charge < -0.3 is 10.1 Å². The van der Waals surface area contributed by atoms with Gasteiger partial charge in [-0.25, -0.2) is 0 Å². The molecule has 0 bridgehead atoms. The Bertz CT molecular complexity index is 330. The smallest absolute Gasteiger partial charge is 0.0462 e. The van der Waals surface area contributed by atoms with Crippen LogP contribution in [0.4, 0.5) is 0 Å². The van der Waals surface area contributed by atoms with Crippen LogP contribution in [0.5, 0.6) is 0 Å². The van der Waals surface area contributed by atoms with E-state index < -0.39 is 0 Å². The first-order chi connectivity index (χ1) is 8.77. The number of hydrogen-bond donors (Lipinski definition) is 1. The molecular weight excluding hydrogens is 290 g/mol. The van der Waals surface area contributed by atoms with E-state index in [0.29, 0.717) is 6.04 Å². The van der Waals surface area contributed by atoms with E-state index >= 15 is 0 Å². The fraction of sp³-hybridized carbons (Fsp3) is 0.600. The molecule has 0 radical (unpaired) electrons. The number of benzene rings is 1. The average Bonchev–Trinajstić information content (AvgIpc) is 2.38. The van der Waals surface area contributed by atoms with E-state index in [1.165, 1.54) is 16.5 Å². The topological polar surface area (TPSA) is 21.3 Å². The zero-order chi connectivity index (χ0) is 13.2. The molecule has 1 unspecified atom stereocenters. The van der Waals surface area contributed by atoms with Gasteiger partial charge in [0.15, 0.2) is 0 Å². The first kappa shape index (κ1) is 15.7. The largest absolute Gasteiger partial charge is 0.385 e. The summed E-state index contributed by atoms with van der Waals surface area (Å²) in [5, 5.41) is 3.63. The maximum absolute atomic E-state index is 5.13. The van der Waals surface area contributed by atoms with E-state index in [4.69, 9.17) is 4.74 Å².